The van der Waals surface area contributed by atoms with Crippen LogP contribution in [0.15, 0.2) is 66.1 Å². The molecule has 2 amide bonds. The van der Waals surface area contributed by atoms with Crippen LogP contribution in [0.5, 0.6) is 5.75 Å². The Labute approximate surface area is 191 Å². The van der Waals surface area contributed by atoms with Gasteiger partial charge in [-0.25, -0.2) is 14.8 Å². The first-order valence-electron chi connectivity index (χ1n) is 10.3. The van der Waals surface area contributed by atoms with Crippen LogP contribution in [0.1, 0.15) is 27.2 Å². The Morgan fingerprint density at radius 1 is 1.18 bits per heavy atom. The van der Waals surface area contributed by atoms with Gasteiger partial charge in [0.25, 0.3) is 0 Å². The molecule has 10 nitrogen and oxygen atoms in total. The zero-order valence-electron chi connectivity index (χ0n) is 18.4. The van der Waals surface area contributed by atoms with E-state index in [1.54, 1.807) is 41.5 Å². The van der Waals surface area contributed by atoms with Gasteiger partial charge in [-0.1, -0.05) is 6.92 Å². The maximum absolute atomic E-state index is 12.7. The molecular weight excluding hydrogens is 444 g/mol. The molecule has 0 saturated carbocycles. The number of nitrogens with zero attached hydrogens (tertiary/aromatic N) is 3. The Balaban J connectivity index is 1.49. The number of aromatic nitrogens is 4. The number of imidazole rings is 2. The van der Waals surface area contributed by atoms with Gasteiger partial charge in [0, 0.05) is 29.7 Å². The number of anilines is 1. The summed E-state index contributed by atoms with van der Waals surface area (Å²) in [4.78, 5) is 23.5. The third kappa shape index (κ3) is 5.14. The number of H-pyrrole nitrogens is 1. The maximum Gasteiger partial charge on any atom is 0.339 e. The van der Waals surface area contributed by atoms with Gasteiger partial charge in [-0.2, -0.15) is 8.42 Å². The number of aromatic amines is 1. The summed E-state index contributed by atoms with van der Waals surface area (Å²) in [5.74, 6) is 0.348. The molecule has 3 N–H and O–H groups in total. The second kappa shape index (κ2) is 8.58. The van der Waals surface area contributed by atoms with E-state index in [1.165, 1.54) is 24.3 Å². The highest BCUT2D eigenvalue weighted by molar-refractivity contribution is 7.87. The molecule has 0 atom stereocenters. The van der Waals surface area contributed by atoms with E-state index in [-0.39, 0.29) is 28.2 Å². The van der Waals surface area contributed by atoms with E-state index in [1.807, 2.05) is 20.8 Å². The third-order valence-corrected chi connectivity index (χ3v) is 6.42. The van der Waals surface area contributed by atoms with Crippen LogP contribution in [0.25, 0.3) is 16.7 Å². The Morgan fingerprint density at radius 3 is 2.61 bits per heavy atom. The van der Waals surface area contributed by atoms with E-state index in [4.69, 9.17) is 4.18 Å². The third-order valence-electron chi connectivity index (χ3n) is 5.16. The van der Waals surface area contributed by atoms with Gasteiger partial charge in [0.05, 0.1) is 17.4 Å². The summed E-state index contributed by atoms with van der Waals surface area (Å²) in [7, 11) is -4.05. The topological polar surface area (TPSA) is 131 Å². The van der Waals surface area contributed by atoms with Gasteiger partial charge < -0.3 is 19.1 Å². The molecule has 0 fully saturated rings. The minimum Gasteiger partial charge on any atom is -0.379 e. The average molecular weight is 469 g/mol. The molecule has 4 aromatic rings. The number of fused-ring (bicyclic) bond motifs is 1. The summed E-state index contributed by atoms with van der Waals surface area (Å²) in [5, 5.41) is 5.50. The molecule has 0 saturated heterocycles. The molecule has 0 aliphatic heterocycles. The summed E-state index contributed by atoms with van der Waals surface area (Å²) in [6.07, 6.45) is 5.79. The van der Waals surface area contributed by atoms with E-state index >= 15 is 0 Å². The molecule has 2 aromatic heterocycles. The lowest BCUT2D eigenvalue weighted by Crippen LogP contribution is -2.45. The van der Waals surface area contributed by atoms with Crippen molar-refractivity contribution in [1.82, 2.24) is 24.8 Å². The monoisotopic (exact) mass is 468 g/mol. The van der Waals surface area contributed by atoms with Crippen LogP contribution in [0.4, 0.5) is 10.7 Å². The Morgan fingerprint density at radius 2 is 1.94 bits per heavy atom. The highest BCUT2D eigenvalue weighted by Gasteiger charge is 2.20. The minimum absolute atomic E-state index is 0.0195. The first-order chi connectivity index (χ1) is 15.6. The van der Waals surface area contributed by atoms with Crippen LogP contribution in [0.3, 0.4) is 0 Å². The lowest BCUT2D eigenvalue weighted by Gasteiger charge is -2.24. The fourth-order valence-corrected chi connectivity index (χ4v) is 3.93. The summed E-state index contributed by atoms with van der Waals surface area (Å²) in [6.45, 7) is 5.81. The molecule has 172 valence electrons. The van der Waals surface area contributed by atoms with E-state index in [0.717, 1.165) is 12.1 Å². The highest BCUT2D eigenvalue weighted by atomic mass is 32.2. The number of benzene rings is 2. The highest BCUT2D eigenvalue weighted by Crippen LogP contribution is 2.24. The molecular formula is C22H24N6O4S. The standard InChI is InChI=1S/C22H24N6O4S/c1-4-22(2,3)27-21(29)26-20-24-18-10-7-16(13-19(18)25-20)32-33(30,31)17-8-5-15(6-9-17)28-12-11-23-14-28/h5-14H,4H2,1-3H3,(H3,24,25,26,27,29). The number of urea groups is 1. The molecule has 2 heterocycles. The molecule has 0 radical (unpaired) electrons. The second-order valence-electron chi connectivity index (χ2n) is 8.08. The zero-order chi connectivity index (χ0) is 23.6. The number of hydrogen-bond acceptors (Lipinski definition) is 6. The molecule has 33 heavy (non-hydrogen) atoms. The maximum atomic E-state index is 12.7. The fourth-order valence-electron chi connectivity index (χ4n) is 3.00. The molecule has 0 bridgehead atoms. The summed E-state index contributed by atoms with van der Waals surface area (Å²) in [6, 6.07) is 10.5. The first-order valence-corrected chi connectivity index (χ1v) is 11.7. The number of amides is 2. The van der Waals surface area contributed by atoms with Gasteiger partial charge in [0.1, 0.15) is 10.6 Å². The quantitative estimate of drug-likeness (QED) is 0.353. The van der Waals surface area contributed by atoms with Crippen LogP contribution in [0, 0.1) is 0 Å². The van der Waals surface area contributed by atoms with Crippen LogP contribution in [-0.4, -0.2) is 39.5 Å². The number of hydrogen-bond donors (Lipinski definition) is 3. The number of rotatable bonds is 7. The van der Waals surface area contributed by atoms with Crippen LogP contribution >= 0.6 is 0 Å². The number of carbonyl (C=O) groups excluding carboxylic acids is 1. The smallest absolute Gasteiger partial charge is 0.339 e. The number of nitrogens with one attached hydrogen (secondary N) is 3. The Hall–Kier alpha value is -3.86. The molecule has 0 unspecified atom stereocenters. The largest absolute Gasteiger partial charge is 0.379 e. The van der Waals surface area contributed by atoms with E-state index in [9.17, 15) is 13.2 Å². The SMILES string of the molecule is CCC(C)(C)NC(=O)Nc1nc2cc(OS(=O)(=O)c3ccc(-n4ccnc4)cc3)ccc2[nH]1. The van der Waals surface area contributed by atoms with E-state index < -0.39 is 10.1 Å². The van der Waals surface area contributed by atoms with Crippen molar-refractivity contribution in [1.29, 1.82) is 0 Å². The van der Waals surface area contributed by atoms with Crippen molar-refractivity contribution in [3.63, 3.8) is 0 Å². The van der Waals surface area contributed by atoms with Crippen molar-refractivity contribution in [2.24, 2.45) is 0 Å². The number of carbonyl (C=O) groups is 1. The predicted octanol–water partition coefficient (Wildman–Crippen LogP) is 3.83. The summed E-state index contributed by atoms with van der Waals surface area (Å²) >= 11 is 0. The molecule has 11 heteroatoms. The van der Waals surface area contributed by atoms with Crippen molar-refractivity contribution in [2.45, 2.75) is 37.6 Å². The van der Waals surface area contributed by atoms with Gasteiger partial charge in [0.2, 0.25) is 5.95 Å². The molecule has 0 aliphatic carbocycles. The average Bonchev–Trinajstić information content (AvgIpc) is 3.42. The molecule has 2 aromatic carbocycles. The molecule has 4 rings (SSSR count). The lowest BCUT2D eigenvalue weighted by molar-refractivity contribution is 0.240. The summed E-state index contributed by atoms with van der Waals surface area (Å²) in [5.41, 5.74) is 1.48. The van der Waals surface area contributed by atoms with Gasteiger partial charge in [-0.05, 0) is 56.7 Å². The molecule has 0 spiro atoms. The van der Waals surface area contributed by atoms with Gasteiger partial charge in [-0.15, -0.1) is 0 Å². The van der Waals surface area contributed by atoms with Crippen LogP contribution in [0.2, 0.25) is 0 Å². The normalized spacial score (nSPS) is 12.0. The minimum atomic E-state index is -4.05. The van der Waals surface area contributed by atoms with Crippen molar-refractivity contribution >= 4 is 33.1 Å². The van der Waals surface area contributed by atoms with Crippen molar-refractivity contribution in [3.05, 3.63) is 61.2 Å². The Kier molecular flexibility index (Phi) is 5.81. The van der Waals surface area contributed by atoms with E-state index in [2.05, 4.69) is 25.6 Å². The predicted molar refractivity (Wildman–Crippen MR) is 124 cm³/mol. The zero-order valence-corrected chi connectivity index (χ0v) is 19.2. The Bertz CT molecular complexity index is 1380. The van der Waals surface area contributed by atoms with Gasteiger partial charge in [0.15, 0.2) is 0 Å². The van der Waals surface area contributed by atoms with Crippen molar-refractivity contribution in [2.75, 3.05) is 5.32 Å². The van der Waals surface area contributed by atoms with Crippen LogP contribution < -0.4 is 14.8 Å². The second-order valence-corrected chi connectivity index (χ2v) is 9.63. The van der Waals surface area contributed by atoms with Crippen LogP contribution in [-0.2, 0) is 10.1 Å². The van der Waals surface area contributed by atoms with Gasteiger partial charge >= 0.3 is 16.1 Å². The first kappa shape index (κ1) is 22.3. The summed E-state index contributed by atoms with van der Waals surface area (Å²) < 4.78 is 32.5. The van der Waals surface area contributed by atoms with Gasteiger partial charge in [-0.3, -0.25) is 5.32 Å². The fraction of sp³-hybridized carbons (Fsp3) is 0.227. The lowest BCUT2D eigenvalue weighted by atomic mass is 10.0. The van der Waals surface area contributed by atoms with Crippen molar-refractivity contribution < 1.29 is 17.4 Å². The van der Waals surface area contributed by atoms with Crippen molar-refractivity contribution in [3.8, 4) is 11.4 Å². The molecule has 0 aliphatic rings. The van der Waals surface area contributed by atoms with E-state index in [0.29, 0.717) is 11.0 Å².